The van der Waals surface area contributed by atoms with E-state index in [1.54, 1.807) is 30.7 Å². The number of amides is 2. The third-order valence-corrected chi connectivity index (χ3v) is 5.79. The van der Waals surface area contributed by atoms with Gasteiger partial charge in [0.1, 0.15) is 11.8 Å². The smallest absolute Gasteiger partial charge is 0.242 e. The Kier molecular flexibility index (Phi) is 9.44. The topological polar surface area (TPSA) is 58.6 Å². The molecule has 2 rings (SSSR count). The molecular weight excluding hydrogens is 408 g/mol. The van der Waals surface area contributed by atoms with E-state index in [-0.39, 0.29) is 17.4 Å². The second kappa shape index (κ2) is 11.8. The van der Waals surface area contributed by atoms with Crippen LogP contribution in [0.2, 0.25) is 0 Å². The summed E-state index contributed by atoms with van der Waals surface area (Å²) in [5, 5.41) is 2.99. The van der Waals surface area contributed by atoms with Crippen molar-refractivity contribution < 1.29 is 14.3 Å². The summed E-state index contributed by atoms with van der Waals surface area (Å²) in [6, 6.07) is 17.3. The minimum atomic E-state index is -0.531. The lowest BCUT2D eigenvalue weighted by Crippen LogP contribution is -2.53. The number of nitrogens with zero attached hydrogens (tertiary/aromatic N) is 1. The maximum absolute atomic E-state index is 13.1. The molecule has 0 bridgehead atoms. The molecule has 0 fully saturated rings. The minimum absolute atomic E-state index is 0.0222. The fourth-order valence-corrected chi connectivity index (χ4v) is 3.98. The van der Waals surface area contributed by atoms with Crippen molar-refractivity contribution in [2.24, 2.45) is 0 Å². The first-order valence-corrected chi connectivity index (χ1v) is 11.7. The highest BCUT2D eigenvalue weighted by molar-refractivity contribution is 7.99. The lowest BCUT2D eigenvalue weighted by Gasteiger charge is -2.31. The second-order valence-corrected chi connectivity index (χ2v) is 9.56. The van der Waals surface area contributed by atoms with Gasteiger partial charge >= 0.3 is 0 Å². The summed E-state index contributed by atoms with van der Waals surface area (Å²) in [7, 11) is 1.64. The van der Waals surface area contributed by atoms with Crippen LogP contribution in [0.5, 0.6) is 5.75 Å². The Balaban J connectivity index is 2.00. The Bertz CT molecular complexity index is 832. The van der Waals surface area contributed by atoms with Crippen molar-refractivity contribution in [2.75, 3.05) is 19.4 Å². The number of carbonyl (C=O) groups is 2. The van der Waals surface area contributed by atoms with Gasteiger partial charge in [-0.05, 0) is 57.4 Å². The molecule has 0 spiro atoms. The summed E-state index contributed by atoms with van der Waals surface area (Å²) < 4.78 is 5.18. The van der Waals surface area contributed by atoms with Gasteiger partial charge in [-0.3, -0.25) is 9.59 Å². The first kappa shape index (κ1) is 24.8. The highest BCUT2D eigenvalue weighted by Crippen LogP contribution is 2.18. The minimum Gasteiger partial charge on any atom is -0.497 e. The number of benzene rings is 2. The first-order chi connectivity index (χ1) is 14.7. The molecule has 1 atom stereocenters. The van der Waals surface area contributed by atoms with Gasteiger partial charge in [-0.25, -0.2) is 0 Å². The number of thioether (sulfide) groups is 1. The SMILES string of the molecule is COc1ccc(CSCC(=O)N(CCc2ccccc2)C(C)C(=O)NC(C)(C)C)cc1. The van der Waals surface area contributed by atoms with E-state index in [1.807, 2.05) is 75.4 Å². The molecule has 0 radical (unpaired) electrons. The van der Waals surface area contributed by atoms with Crippen molar-refractivity contribution in [1.82, 2.24) is 10.2 Å². The molecule has 0 saturated heterocycles. The molecule has 31 heavy (non-hydrogen) atoms. The van der Waals surface area contributed by atoms with Crippen LogP contribution in [0.1, 0.15) is 38.8 Å². The number of nitrogens with one attached hydrogen (secondary N) is 1. The average Bonchev–Trinajstić information content (AvgIpc) is 2.73. The quantitative estimate of drug-likeness (QED) is 0.596. The Morgan fingerprint density at radius 1 is 1.03 bits per heavy atom. The highest BCUT2D eigenvalue weighted by Gasteiger charge is 2.27. The summed E-state index contributed by atoms with van der Waals surface area (Å²) in [6.07, 6.45) is 0.711. The van der Waals surface area contributed by atoms with Gasteiger partial charge in [0.2, 0.25) is 11.8 Å². The van der Waals surface area contributed by atoms with Gasteiger partial charge in [0.15, 0.2) is 0 Å². The molecule has 0 aromatic heterocycles. The van der Waals surface area contributed by atoms with Crippen LogP contribution in [-0.4, -0.2) is 47.7 Å². The molecule has 168 valence electrons. The normalized spacial score (nSPS) is 12.2. The monoisotopic (exact) mass is 442 g/mol. The standard InChI is InChI=1S/C25H34N2O3S/c1-19(24(29)26-25(2,3)4)27(16-15-20-9-7-6-8-10-20)23(28)18-31-17-21-11-13-22(30-5)14-12-21/h6-14,19H,15-18H2,1-5H3,(H,26,29). The van der Waals surface area contributed by atoms with Crippen LogP contribution in [0.15, 0.2) is 54.6 Å². The lowest BCUT2D eigenvalue weighted by atomic mass is 10.1. The van der Waals surface area contributed by atoms with Crippen molar-refractivity contribution in [3.63, 3.8) is 0 Å². The van der Waals surface area contributed by atoms with Crippen molar-refractivity contribution in [1.29, 1.82) is 0 Å². The van der Waals surface area contributed by atoms with Gasteiger partial charge in [-0.1, -0.05) is 42.5 Å². The van der Waals surface area contributed by atoms with E-state index >= 15 is 0 Å². The number of hydrogen-bond donors (Lipinski definition) is 1. The molecule has 0 aliphatic rings. The Morgan fingerprint density at radius 2 is 1.68 bits per heavy atom. The zero-order valence-corrected chi connectivity index (χ0v) is 20.0. The van der Waals surface area contributed by atoms with E-state index in [0.29, 0.717) is 18.7 Å². The molecule has 0 heterocycles. The third kappa shape index (κ3) is 8.66. The van der Waals surface area contributed by atoms with E-state index in [4.69, 9.17) is 4.74 Å². The summed E-state index contributed by atoms with van der Waals surface area (Å²) in [6.45, 7) is 8.14. The molecule has 2 aromatic carbocycles. The summed E-state index contributed by atoms with van der Waals surface area (Å²) in [4.78, 5) is 27.5. The molecule has 2 amide bonds. The molecule has 2 aromatic rings. The van der Waals surface area contributed by atoms with Crippen LogP contribution in [0.4, 0.5) is 0 Å². The molecule has 5 nitrogen and oxygen atoms in total. The summed E-state index contributed by atoms with van der Waals surface area (Å²) in [5.74, 6) is 1.72. The second-order valence-electron chi connectivity index (χ2n) is 8.58. The van der Waals surface area contributed by atoms with Crippen LogP contribution in [0, 0.1) is 0 Å². The molecule has 0 aliphatic carbocycles. The number of ether oxygens (including phenoxy) is 1. The molecule has 1 unspecified atom stereocenters. The molecule has 0 aliphatic heterocycles. The first-order valence-electron chi connectivity index (χ1n) is 10.6. The zero-order valence-electron chi connectivity index (χ0n) is 19.2. The van der Waals surface area contributed by atoms with E-state index in [2.05, 4.69) is 5.32 Å². The predicted octanol–water partition coefficient (Wildman–Crippen LogP) is 4.30. The van der Waals surface area contributed by atoms with Gasteiger partial charge in [-0.15, -0.1) is 11.8 Å². The van der Waals surface area contributed by atoms with E-state index < -0.39 is 6.04 Å². The predicted molar refractivity (Wildman–Crippen MR) is 128 cm³/mol. The number of hydrogen-bond acceptors (Lipinski definition) is 4. The molecular formula is C25H34N2O3S. The van der Waals surface area contributed by atoms with Gasteiger partial charge in [0, 0.05) is 17.8 Å². The van der Waals surface area contributed by atoms with Gasteiger partial charge < -0.3 is 15.0 Å². The average molecular weight is 443 g/mol. The van der Waals surface area contributed by atoms with Crippen LogP contribution >= 0.6 is 11.8 Å². The maximum Gasteiger partial charge on any atom is 0.242 e. The molecule has 0 saturated carbocycles. The molecule has 6 heteroatoms. The van der Waals surface area contributed by atoms with Crippen molar-refractivity contribution in [2.45, 2.75) is 51.4 Å². The van der Waals surface area contributed by atoms with E-state index in [9.17, 15) is 9.59 Å². The van der Waals surface area contributed by atoms with Crippen LogP contribution in [0.3, 0.4) is 0 Å². The van der Waals surface area contributed by atoms with Gasteiger partial charge in [0.25, 0.3) is 0 Å². The number of carbonyl (C=O) groups excluding carboxylic acids is 2. The fraction of sp³-hybridized carbons (Fsp3) is 0.440. The maximum atomic E-state index is 13.1. The van der Waals surface area contributed by atoms with E-state index in [1.165, 1.54) is 0 Å². The van der Waals surface area contributed by atoms with Gasteiger partial charge in [0.05, 0.1) is 12.9 Å². The van der Waals surface area contributed by atoms with Gasteiger partial charge in [-0.2, -0.15) is 0 Å². The van der Waals surface area contributed by atoms with Crippen molar-refractivity contribution >= 4 is 23.6 Å². The summed E-state index contributed by atoms with van der Waals surface area (Å²) >= 11 is 1.56. The van der Waals surface area contributed by atoms with Crippen LogP contribution in [0.25, 0.3) is 0 Å². The third-order valence-electron chi connectivity index (χ3n) is 4.80. The highest BCUT2D eigenvalue weighted by atomic mass is 32.2. The Morgan fingerprint density at radius 3 is 2.26 bits per heavy atom. The summed E-state index contributed by atoms with van der Waals surface area (Å²) in [5.41, 5.74) is 1.94. The van der Waals surface area contributed by atoms with Crippen molar-refractivity contribution in [3.8, 4) is 5.75 Å². The lowest BCUT2D eigenvalue weighted by molar-refractivity contribution is -0.138. The zero-order chi connectivity index (χ0) is 22.9. The number of methoxy groups -OCH3 is 1. The van der Waals surface area contributed by atoms with E-state index in [0.717, 1.165) is 22.6 Å². The largest absolute Gasteiger partial charge is 0.497 e. The fourth-order valence-electron chi connectivity index (χ4n) is 3.11. The van der Waals surface area contributed by atoms with Crippen LogP contribution < -0.4 is 10.1 Å². The Labute approximate surface area is 190 Å². The Hall–Kier alpha value is -2.47. The molecule has 1 N–H and O–H groups in total. The van der Waals surface area contributed by atoms with Crippen molar-refractivity contribution in [3.05, 3.63) is 65.7 Å². The number of rotatable bonds is 10. The van der Waals surface area contributed by atoms with Crippen LogP contribution in [-0.2, 0) is 21.8 Å².